The molecule has 2 fully saturated rings. The molecule has 5 rings (SSSR count). The van der Waals surface area contributed by atoms with Gasteiger partial charge in [0.1, 0.15) is 5.92 Å². The number of amides is 2. The van der Waals surface area contributed by atoms with Gasteiger partial charge in [0, 0.05) is 0 Å². The van der Waals surface area contributed by atoms with Gasteiger partial charge >= 0.3 is 0 Å². The zero-order valence-corrected chi connectivity index (χ0v) is 18.3. The maximum Gasteiger partial charge on any atom is 0.266 e. The summed E-state index contributed by atoms with van der Waals surface area (Å²) < 4.78 is 5.57. The highest BCUT2D eigenvalue weighted by molar-refractivity contribution is 6.24. The van der Waals surface area contributed by atoms with Crippen molar-refractivity contribution in [3.63, 3.8) is 0 Å². The molecule has 2 amide bonds. The Morgan fingerprint density at radius 1 is 0.939 bits per heavy atom. The zero-order valence-electron chi connectivity index (χ0n) is 18.3. The van der Waals surface area contributed by atoms with Crippen LogP contribution in [0.3, 0.4) is 0 Å². The summed E-state index contributed by atoms with van der Waals surface area (Å²) in [5.74, 6) is -1.12. The molecule has 0 saturated carbocycles. The van der Waals surface area contributed by atoms with Gasteiger partial charge < -0.3 is 9.84 Å². The van der Waals surface area contributed by atoms with Crippen molar-refractivity contribution in [1.82, 2.24) is 0 Å². The molecule has 2 aliphatic rings. The molecule has 0 spiro atoms. The molecule has 1 N–H and O–H groups in total. The summed E-state index contributed by atoms with van der Waals surface area (Å²) >= 11 is 0. The van der Waals surface area contributed by atoms with Crippen molar-refractivity contribution in [2.75, 3.05) is 16.6 Å². The number of carbonyl (C=O) groups excluding carboxylic acids is 2. The highest BCUT2D eigenvalue weighted by Gasteiger charge is 2.60. The van der Waals surface area contributed by atoms with Crippen LogP contribution in [-0.2, 0) is 14.4 Å². The Morgan fingerprint density at radius 2 is 1.70 bits per heavy atom. The molecule has 3 aromatic carbocycles. The van der Waals surface area contributed by atoms with E-state index >= 15 is 0 Å². The Hall–Kier alpha value is -3.84. The number of ether oxygens (including phenoxy) is 1. The maximum atomic E-state index is 13.7. The van der Waals surface area contributed by atoms with Crippen LogP contribution in [0.15, 0.2) is 72.8 Å². The quantitative estimate of drug-likeness (QED) is 0.596. The normalized spacial score (nSPS) is 22.1. The van der Waals surface area contributed by atoms with Crippen LogP contribution in [-0.4, -0.2) is 29.6 Å². The highest BCUT2D eigenvalue weighted by atomic mass is 16.7. The van der Waals surface area contributed by atoms with Gasteiger partial charge in [0.15, 0.2) is 17.6 Å². The Balaban J connectivity index is 1.60. The van der Waals surface area contributed by atoms with E-state index < -0.39 is 18.1 Å². The molecule has 3 aromatic rings. The fraction of sp³-hybridized carbons (Fsp3) is 0.231. The largest absolute Gasteiger partial charge is 0.504 e. The number of phenolic OH excluding ortho intramolecular Hbond substituents is 1. The van der Waals surface area contributed by atoms with Gasteiger partial charge in [0.2, 0.25) is 5.91 Å². The van der Waals surface area contributed by atoms with Gasteiger partial charge in [-0.15, -0.1) is 0 Å². The third-order valence-corrected chi connectivity index (χ3v) is 6.01. The molecule has 2 aliphatic heterocycles. The van der Waals surface area contributed by atoms with Crippen LogP contribution >= 0.6 is 0 Å². The Labute approximate surface area is 191 Å². The van der Waals surface area contributed by atoms with E-state index in [1.807, 2.05) is 62.4 Å². The van der Waals surface area contributed by atoms with E-state index in [0.29, 0.717) is 23.6 Å². The first-order valence-electron chi connectivity index (χ1n) is 10.9. The van der Waals surface area contributed by atoms with Crippen LogP contribution in [0.4, 0.5) is 11.4 Å². The molecule has 2 saturated heterocycles. The van der Waals surface area contributed by atoms with E-state index in [0.717, 1.165) is 11.3 Å². The van der Waals surface area contributed by atoms with Gasteiger partial charge in [-0.1, -0.05) is 36.4 Å². The van der Waals surface area contributed by atoms with Gasteiger partial charge in [-0.2, -0.15) is 0 Å². The number of hydrogen-bond acceptors (Lipinski definition) is 6. The topological polar surface area (TPSA) is 79.3 Å². The fourth-order valence-electron chi connectivity index (χ4n) is 4.56. The zero-order chi connectivity index (χ0) is 23.1. The van der Waals surface area contributed by atoms with E-state index in [9.17, 15) is 14.7 Å². The van der Waals surface area contributed by atoms with Crippen LogP contribution in [0, 0.1) is 12.8 Å². The number of nitrogens with zero attached hydrogens (tertiary/aromatic N) is 2. The Kier molecular flexibility index (Phi) is 5.26. The van der Waals surface area contributed by atoms with Crippen LogP contribution in [0.1, 0.15) is 24.1 Å². The second kappa shape index (κ2) is 8.26. The summed E-state index contributed by atoms with van der Waals surface area (Å²) in [4.78, 5) is 34.4. The summed E-state index contributed by atoms with van der Waals surface area (Å²) in [5, 5.41) is 11.8. The average molecular weight is 444 g/mol. The van der Waals surface area contributed by atoms with Crippen LogP contribution in [0.25, 0.3) is 0 Å². The third-order valence-electron chi connectivity index (χ3n) is 6.01. The molecule has 0 bridgehead atoms. The number of carbonyl (C=O) groups is 2. The number of phenols is 1. The number of aryl methyl sites for hydroxylation is 1. The Bertz CT molecular complexity index is 1210. The van der Waals surface area contributed by atoms with Crippen LogP contribution in [0.5, 0.6) is 11.5 Å². The molecule has 2 heterocycles. The number of anilines is 2. The lowest BCUT2D eigenvalue weighted by molar-refractivity contribution is -0.126. The van der Waals surface area contributed by atoms with Crippen molar-refractivity contribution in [2.24, 2.45) is 5.92 Å². The molecule has 0 unspecified atom stereocenters. The summed E-state index contributed by atoms with van der Waals surface area (Å²) in [6, 6.07) is 21.1. The van der Waals surface area contributed by atoms with Crippen molar-refractivity contribution in [2.45, 2.75) is 26.0 Å². The molecule has 168 valence electrons. The SMILES string of the molecule is CCOc1cc([C@@H]2[C@H]3C(=O)N(c4cccc(C)c4)C(=O)[C@H]3ON2c2ccccc2)ccc1O. The molecule has 7 heteroatoms. The molecule has 0 aliphatic carbocycles. The molecular weight excluding hydrogens is 420 g/mol. The summed E-state index contributed by atoms with van der Waals surface area (Å²) in [5.41, 5.74) is 2.92. The van der Waals surface area contributed by atoms with Crippen molar-refractivity contribution in [3.8, 4) is 11.5 Å². The minimum absolute atomic E-state index is 0.0116. The smallest absolute Gasteiger partial charge is 0.266 e. The van der Waals surface area contributed by atoms with Crippen molar-refractivity contribution < 1.29 is 24.3 Å². The molecule has 3 atom stereocenters. The van der Waals surface area contributed by atoms with Gasteiger partial charge in [0.25, 0.3) is 5.91 Å². The second-order valence-corrected chi connectivity index (χ2v) is 8.17. The second-order valence-electron chi connectivity index (χ2n) is 8.17. The summed E-state index contributed by atoms with van der Waals surface area (Å²) in [6.07, 6.45) is -0.951. The average Bonchev–Trinajstić information content (AvgIpc) is 3.32. The molecule has 0 radical (unpaired) electrons. The van der Waals surface area contributed by atoms with Crippen LogP contribution in [0.2, 0.25) is 0 Å². The van der Waals surface area contributed by atoms with Gasteiger partial charge in [-0.3, -0.25) is 14.4 Å². The fourth-order valence-corrected chi connectivity index (χ4v) is 4.56. The number of hydrogen-bond donors (Lipinski definition) is 1. The first kappa shape index (κ1) is 21.0. The number of hydroxylamine groups is 1. The number of benzene rings is 3. The lowest BCUT2D eigenvalue weighted by Crippen LogP contribution is -2.37. The van der Waals surface area contributed by atoms with E-state index in [1.54, 1.807) is 23.3 Å². The number of imide groups is 1. The van der Waals surface area contributed by atoms with E-state index in [4.69, 9.17) is 9.57 Å². The highest BCUT2D eigenvalue weighted by Crippen LogP contribution is 2.48. The van der Waals surface area contributed by atoms with Gasteiger partial charge in [0.05, 0.1) is 24.0 Å². The number of fused-ring (bicyclic) bond motifs is 1. The van der Waals surface area contributed by atoms with E-state index in [1.165, 1.54) is 11.0 Å². The Morgan fingerprint density at radius 3 is 2.42 bits per heavy atom. The predicted octanol–water partition coefficient (Wildman–Crippen LogP) is 4.15. The number of rotatable bonds is 5. The first-order chi connectivity index (χ1) is 16.0. The summed E-state index contributed by atoms with van der Waals surface area (Å²) in [7, 11) is 0. The lowest BCUT2D eigenvalue weighted by Gasteiger charge is -2.29. The molecular formula is C26H24N2O5. The van der Waals surface area contributed by atoms with E-state index in [2.05, 4.69) is 0 Å². The minimum Gasteiger partial charge on any atom is -0.504 e. The minimum atomic E-state index is -0.951. The molecule has 7 nitrogen and oxygen atoms in total. The van der Waals surface area contributed by atoms with Crippen molar-refractivity contribution >= 4 is 23.2 Å². The predicted molar refractivity (Wildman–Crippen MR) is 123 cm³/mol. The van der Waals surface area contributed by atoms with E-state index in [-0.39, 0.29) is 17.6 Å². The standard InChI is InChI=1S/C26H24N2O5/c1-3-32-21-15-17(12-13-20(21)29)23-22-24(33-28(23)18-9-5-4-6-10-18)26(31)27(25(22)30)19-11-7-8-16(2)14-19/h4-15,22-24,29H,3H2,1-2H3/t22-,23-,24+/m1/s1. The van der Waals surface area contributed by atoms with Gasteiger partial charge in [-0.05, 0) is 61.4 Å². The van der Waals surface area contributed by atoms with Crippen molar-refractivity contribution in [3.05, 3.63) is 83.9 Å². The first-order valence-corrected chi connectivity index (χ1v) is 10.9. The van der Waals surface area contributed by atoms with Gasteiger partial charge in [-0.25, -0.2) is 9.96 Å². The summed E-state index contributed by atoms with van der Waals surface area (Å²) in [6.45, 7) is 4.12. The van der Waals surface area contributed by atoms with Crippen LogP contribution < -0.4 is 14.7 Å². The molecule has 33 heavy (non-hydrogen) atoms. The monoisotopic (exact) mass is 444 g/mol. The number of para-hydroxylation sites is 1. The number of aromatic hydroxyl groups is 1. The third kappa shape index (κ3) is 3.50. The molecule has 0 aromatic heterocycles. The maximum absolute atomic E-state index is 13.7. The lowest BCUT2D eigenvalue weighted by atomic mass is 9.90. The van der Waals surface area contributed by atoms with Crippen molar-refractivity contribution in [1.29, 1.82) is 0 Å².